The fraction of sp³-hybridized carbons (Fsp3) is 0.364. The molecule has 0 atom stereocenters. The Morgan fingerprint density at radius 3 is 2.67 bits per heavy atom. The summed E-state index contributed by atoms with van der Waals surface area (Å²) in [5.74, 6) is -0.509. The summed E-state index contributed by atoms with van der Waals surface area (Å²) in [6.45, 7) is 2.04. The first-order valence-corrected chi connectivity index (χ1v) is 5.35. The molecule has 18 heavy (non-hydrogen) atoms. The molecule has 1 aromatic rings. The Hall–Kier alpha value is -2.15. The molecule has 0 unspecified atom stereocenters. The molecule has 7 nitrogen and oxygen atoms in total. The molecular formula is C11H15N3O4. The third-order valence-electron chi connectivity index (χ3n) is 2.23. The minimum Gasteiger partial charge on any atom is -0.372 e. The Kier molecular flexibility index (Phi) is 4.61. The Morgan fingerprint density at radius 2 is 2.17 bits per heavy atom. The number of carbonyl (C=O) groups is 1. The number of benzene rings is 1. The van der Waals surface area contributed by atoms with Crippen LogP contribution in [0.1, 0.15) is 17.3 Å². The van der Waals surface area contributed by atoms with Gasteiger partial charge < -0.3 is 4.90 Å². The van der Waals surface area contributed by atoms with Gasteiger partial charge in [0.1, 0.15) is 5.69 Å². The Morgan fingerprint density at radius 1 is 1.50 bits per heavy atom. The number of nitro benzene ring substituents is 1. The second-order valence-corrected chi connectivity index (χ2v) is 3.72. The number of hydroxylamine groups is 1. The maximum absolute atomic E-state index is 11.6. The van der Waals surface area contributed by atoms with Crippen LogP contribution in [0.25, 0.3) is 0 Å². The van der Waals surface area contributed by atoms with Crippen LogP contribution in [-0.2, 0) is 4.84 Å². The molecular weight excluding hydrogens is 238 g/mol. The van der Waals surface area contributed by atoms with Crippen LogP contribution >= 0.6 is 0 Å². The lowest BCUT2D eigenvalue weighted by Gasteiger charge is -2.13. The summed E-state index contributed by atoms with van der Waals surface area (Å²) in [6, 6.07) is 4.26. The lowest BCUT2D eigenvalue weighted by molar-refractivity contribution is -0.384. The average Bonchev–Trinajstić information content (AvgIpc) is 2.34. The van der Waals surface area contributed by atoms with E-state index in [4.69, 9.17) is 4.84 Å². The molecule has 1 aromatic carbocycles. The van der Waals surface area contributed by atoms with Gasteiger partial charge in [0.15, 0.2) is 0 Å². The van der Waals surface area contributed by atoms with E-state index in [-0.39, 0.29) is 11.3 Å². The number of hydrogen-bond acceptors (Lipinski definition) is 5. The summed E-state index contributed by atoms with van der Waals surface area (Å²) in [4.78, 5) is 28.4. The number of anilines is 1. The van der Waals surface area contributed by atoms with Gasteiger partial charge in [-0.05, 0) is 19.1 Å². The first-order valence-electron chi connectivity index (χ1n) is 5.35. The topological polar surface area (TPSA) is 84.7 Å². The van der Waals surface area contributed by atoms with Crippen LogP contribution in [0.2, 0.25) is 0 Å². The van der Waals surface area contributed by atoms with E-state index in [0.717, 1.165) is 0 Å². The van der Waals surface area contributed by atoms with Crippen molar-refractivity contribution < 1.29 is 14.6 Å². The van der Waals surface area contributed by atoms with Gasteiger partial charge >= 0.3 is 0 Å². The highest BCUT2D eigenvalue weighted by Crippen LogP contribution is 2.27. The van der Waals surface area contributed by atoms with Gasteiger partial charge in [-0.25, -0.2) is 5.48 Å². The van der Waals surface area contributed by atoms with Crippen molar-refractivity contribution in [3.05, 3.63) is 33.9 Å². The van der Waals surface area contributed by atoms with Crippen molar-refractivity contribution in [3.8, 4) is 0 Å². The lowest BCUT2D eigenvalue weighted by atomic mass is 10.1. The molecule has 0 bridgehead atoms. The van der Waals surface area contributed by atoms with Crippen LogP contribution in [0.15, 0.2) is 18.2 Å². The fourth-order valence-electron chi connectivity index (χ4n) is 1.39. The predicted octanol–water partition coefficient (Wildman–Crippen LogP) is 1.34. The SMILES string of the molecule is CCONC(=O)c1ccc(N(C)C)c([N+](=O)[O-])c1. The van der Waals surface area contributed by atoms with E-state index in [1.807, 2.05) is 0 Å². The molecule has 0 aliphatic heterocycles. The molecule has 0 saturated carbocycles. The van der Waals surface area contributed by atoms with E-state index in [9.17, 15) is 14.9 Å². The van der Waals surface area contributed by atoms with Gasteiger partial charge in [-0.1, -0.05) is 0 Å². The highest BCUT2D eigenvalue weighted by atomic mass is 16.6. The number of hydrogen-bond donors (Lipinski definition) is 1. The highest BCUT2D eigenvalue weighted by molar-refractivity contribution is 5.95. The molecule has 98 valence electrons. The monoisotopic (exact) mass is 253 g/mol. The molecule has 0 aliphatic rings. The predicted molar refractivity (Wildman–Crippen MR) is 66.5 cm³/mol. The zero-order chi connectivity index (χ0) is 13.7. The number of rotatable bonds is 5. The van der Waals surface area contributed by atoms with Crippen molar-refractivity contribution >= 4 is 17.3 Å². The van der Waals surface area contributed by atoms with E-state index in [0.29, 0.717) is 12.3 Å². The normalized spacial score (nSPS) is 9.94. The van der Waals surface area contributed by atoms with Gasteiger partial charge in [0.05, 0.1) is 11.5 Å². The molecule has 1 amide bonds. The summed E-state index contributed by atoms with van der Waals surface area (Å²) >= 11 is 0. The number of amides is 1. The highest BCUT2D eigenvalue weighted by Gasteiger charge is 2.18. The van der Waals surface area contributed by atoms with Crippen LogP contribution in [0.3, 0.4) is 0 Å². The molecule has 0 radical (unpaired) electrons. The Balaban J connectivity index is 3.07. The molecule has 0 spiro atoms. The van der Waals surface area contributed by atoms with E-state index in [1.54, 1.807) is 25.9 Å². The largest absolute Gasteiger partial charge is 0.372 e. The van der Waals surface area contributed by atoms with Gasteiger partial charge in [0.2, 0.25) is 0 Å². The Labute approximate surface area is 104 Å². The summed E-state index contributed by atoms with van der Waals surface area (Å²) in [5.41, 5.74) is 2.69. The first-order chi connectivity index (χ1) is 8.47. The average molecular weight is 253 g/mol. The van der Waals surface area contributed by atoms with Gasteiger partial charge in [0.25, 0.3) is 11.6 Å². The molecule has 0 aliphatic carbocycles. The minimum absolute atomic E-state index is 0.121. The van der Waals surface area contributed by atoms with Crippen molar-refractivity contribution in [2.45, 2.75) is 6.92 Å². The van der Waals surface area contributed by atoms with Crippen molar-refractivity contribution in [2.75, 3.05) is 25.6 Å². The van der Waals surface area contributed by atoms with E-state index in [2.05, 4.69) is 5.48 Å². The molecule has 7 heteroatoms. The zero-order valence-corrected chi connectivity index (χ0v) is 10.5. The molecule has 1 rings (SSSR count). The third kappa shape index (κ3) is 3.17. The number of nitro groups is 1. The van der Waals surface area contributed by atoms with E-state index in [1.165, 1.54) is 18.2 Å². The minimum atomic E-state index is -0.521. The Bertz CT molecular complexity index is 460. The van der Waals surface area contributed by atoms with Gasteiger partial charge in [0, 0.05) is 25.7 Å². The standard InChI is InChI=1S/C11H15N3O4/c1-4-18-12-11(15)8-5-6-9(13(2)3)10(7-8)14(16)17/h5-7H,4H2,1-3H3,(H,12,15). The van der Waals surface area contributed by atoms with Crippen LogP contribution in [0, 0.1) is 10.1 Å². The van der Waals surface area contributed by atoms with Gasteiger partial charge in [-0.15, -0.1) is 0 Å². The molecule has 0 saturated heterocycles. The molecule has 1 N–H and O–H groups in total. The van der Waals surface area contributed by atoms with E-state index >= 15 is 0 Å². The van der Waals surface area contributed by atoms with Crippen LogP contribution in [0.4, 0.5) is 11.4 Å². The van der Waals surface area contributed by atoms with Gasteiger partial charge in [-0.3, -0.25) is 19.7 Å². The number of carbonyl (C=O) groups excluding carboxylic acids is 1. The summed E-state index contributed by atoms with van der Waals surface area (Å²) < 4.78 is 0. The summed E-state index contributed by atoms with van der Waals surface area (Å²) in [6.07, 6.45) is 0. The maximum atomic E-state index is 11.6. The second-order valence-electron chi connectivity index (χ2n) is 3.72. The third-order valence-corrected chi connectivity index (χ3v) is 2.23. The van der Waals surface area contributed by atoms with Crippen LogP contribution in [0.5, 0.6) is 0 Å². The summed E-state index contributed by atoms with van der Waals surface area (Å²) in [7, 11) is 3.39. The summed E-state index contributed by atoms with van der Waals surface area (Å²) in [5, 5.41) is 10.9. The van der Waals surface area contributed by atoms with Crippen molar-refractivity contribution in [3.63, 3.8) is 0 Å². The number of nitrogens with zero attached hydrogens (tertiary/aromatic N) is 2. The first kappa shape index (κ1) is 13.9. The smallest absolute Gasteiger partial charge is 0.293 e. The van der Waals surface area contributed by atoms with Crippen molar-refractivity contribution in [2.24, 2.45) is 0 Å². The quantitative estimate of drug-likeness (QED) is 0.632. The lowest BCUT2D eigenvalue weighted by Crippen LogP contribution is -2.23. The molecule has 0 aromatic heterocycles. The zero-order valence-electron chi connectivity index (χ0n) is 10.5. The van der Waals surface area contributed by atoms with Crippen LogP contribution < -0.4 is 10.4 Å². The fourth-order valence-corrected chi connectivity index (χ4v) is 1.39. The van der Waals surface area contributed by atoms with Gasteiger partial charge in [-0.2, -0.15) is 0 Å². The van der Waals surface area contributed by atoms with Crippen molar-refractivity contribution in [1.82, 2.24) is 5.48 Å². The van der Waals surface area contributed by atoms with Crippen molar-refractivity contribution in [1.29, 1.82) is 0 Å². The van der Waals surface area contributed by atoms with Crippen LogP contribution in [-0.4, -0.2) is 31.5 Å². The number of nitrogens with one attached hydrogen (secondary N) is 1. The second kappa shape index (κ2) is 5.97. The molecule has 0 heterocycles. The molecule has 0 fully saturated rings. The maximum Gasteiger partial charge on any atom is 0.293 e. The van der Waals surface area contributed by atoms with E-state index < -0.39 is 10.8 Å².